The van der Waals surface area contributed by atoms with Crippen molar-refractivity contribution in [1.82, 2.24) is 0 Å². The lowest BCUT2D eigenvalue weighted by Crippen LogP contribution is -2.17. The highest BCUT2D eigenvalue weighted by Gasteiger charge is 2.60. The largest absolute Gasteiger partial charge is 0.324 e. The van der Waals surface area contributed by atoms with Crippen LogP contribution in [0.3, 0.4) is 0 Å². The summed E-state index contributed by atoms with van der Waals surface area (Å²) >= 11 is 6.06. The number of rotatable bonds is 3. The minimum absolute atomic E-state index is 0.0265. The molecule has 1 aromatic carbocycles. The number of benzene rings is 1. The van der Waals surface area contributed by atoms with E-state index in [9.17, 15) is 4.79 Å². The quantitative estimate of drug-likeness (QED) is 0.809. The highest BCUT2D eigenvalue weighted by atomic mass is 35.5. The molecule has 3 heteroatoms. The van der Waals surface area contributed by atoms with Gasteiger partial charge in [0.2, 0.25) is 5.91 Å². The van der Waals surface area contributed by atoms with Crippen LogP contribution in [0.25, 0.3) is 0 Å². The SMILES string of the molecule is CC(C)=C[C@@H]1[C@H](C(=O)Nc2ccccc2Cl)C1(C)C. The summed E-state index contributed by atoms with van der Waals surface area (Å²) in [5.74, 6) is 0.402. The highest BCUT2D eigenvalue weighted by molar-refractivity contribution is 6.33. The van der Waals surface area contributed by atoms with Crippen molar-refractivity contribution in [2.24, 2.45) is 17.3 Å². The average molecular weight is 278 g/mol. The van der Waals surface area contributed by atoms with E-state index in [1.54, 1.807) is 6.07 Å². The lowest BCUT2D eigenvalue weighted by Gasteiger charge is -2.07. The van der Waals surface area contributed by atoms with Crippen molar-refractivity contribution >= 4 is 23.2 Å². The van der Waals surface area contributed by atoms with Gasteiger partial charge in [-0.05, 0) is 37.3 Å². The third-order valence-electron chi connectivity index (χ3n) is 3.84. The Hall–Kier alpha value is -1.28. The van der Waals surface area contributed by atoms with E-state index in [-0.39, 0.29) is 17.2 Å². The molecule has 0 saturated heterocycles. The van der Waals surface area contributed by atoms with E-state index in [1.165, 1.54) is 5.57 Å². The first-order chi connectivity index (χ1) is 8.84. The van der Waals surface area contributed by atoms with Gasteiger partial charge >= 0.3 is 0 Å². The molecule has 1 N–H and O–H groups in total. The minimum atomic E-state index is 0.0265. The Morgan fingerprint density at radius 3 is 2.53 bits per heavy atom. The summed E-state index contributed by atoms with van der Waals surface area (Å²) in [5, 5.41) is 3.51. The van der Waals surface area contributed by atoms with Crippen molar-refractivity contribution < 1.29 is 4.79 Å². The zero-order valence-corrected chi connectivity index (χ0v) is 12.6. The molecule has 1 aliphatic carbocycles. The molecular formula is C16H20ClNO. The molecule has 1 amide bonds. The molecule has 1 saturated carbocycles. The molecule has 0 heterocycles. The number of amides is 1. The van der Waals surface area contributed by atoms with Gasteiger partial charge < -0.3 is 5.32 Å². The van der Waals surface area contributed by atoms with Gasteiger partial charge in [-0.1, -0.05) is 49.2 Å². The van der Waals surface area contributed by atoms with Crippen molar-refractivity contribution in [3.05, 3.63) is 40.9 Å². The van der Waals surface area contributed by atoms with Gasteiger partial charge in [0.1, 0.15) is 0 Å². The Kier molecular flexibility index (Phi) is 3.73. The Bertz CT molecular complexity index is 529. The lowest BCUT2D eigenvalue weighted by atomic mass is 10.1. The maximum atomic E-state index is 12.3. The highest BCUT2D eigenvalue weighted by Crippen LogP contribution is 2.59. The zero-order chi connectivity index (χ0) is 14.2. The minimum Gasteiger partial charge on any atom is -0.324 e. The summed E-state index contributed by atoms with van der Waals surface area (Å²) in [5.41, 5.74) is 1.97. The van der Waals surface area contributed by atoms with Crippen LogP contribution in [0.2, 0.25) is 5.02 Å². The molecule has 0 radical (unpaired) electrons. The number of carbonyl (C=O) groups excluding carboxylic acids is 1. The third-order valence-corrected chi connectivity index (χ3v) is 4.17. The lowest BCUT2D eigenvalue weighted by molar-refractivity contribution is -0.118. The summed E-state index contributed by atoms with van der Waals surface area (Å²) in [7, 11) is 0. The van der Waals surface area contributed by atoms with Gasteiger partial charge in [-0.15, -0.1) is 0 Å². The molecule has 0 spiro atoms. The topological polar surface area (TPSA) is 29.1 Å². The van der Waals surface area contributed by atoms with Gasteiger partial charge in [-0.2, -0.15) is 0 Å². The average Bonchev–Trinajstić information content (AvgIpc) is 2.82. The predicted molar refractivity (Wildman–Crippen MR) is 80.3 cm³/mol. The molecule has 1 fully saturated rings. The van der Waals surface area contributed by atoms with Gasteiger partial charge in [0.15, 0.2) is 0 Å². The van der Waals surface area contributed by atoms with E-state index in [1.807, 2.05) is 18.2 Å². The van der Waals surface area contributed by atoms with E-state index >= 15 is 0 Å². The number of para-hydroxylation sites is 1. The fourth-order valence-electron chi connectivity index (χ4n) is 2.62. The van der Waals surface area contributed by atoms with Gasteiger partial charge in [-0.25, -0.2) is 0 Å². The van der Waals surface area contributed by atoms with Crippen LogP contribution in [0.4, 0.5) is 5.69 Å². The van der Waals surface area contributed by atoms with Crippen molar-refractivity contribution in [3.63, 3.8) is 0 Å². The fourth-order valence-corrected chi connectivity index (χ4v) is 2.80. The van der Waals surface area contributed by atoms with Crippen LogP contribution in [0.15, 0.2) is 35.9 Å². The second-order valence-corrected chi connectivity index (χ2v) is 6.45. The Morgan fingerprint density at radius 1 is 1.32 bits per heavy atom. The maximum Gasteiger partial charge on any atom is 0.228 e. The number of carbonyl (C=O) groups is 1. The van der Waals surface area contributed by atoms with Crippen LogP contribution < -0.4 is 5.32 Å². The Morgan fingerprint density at radius 2 is 1.95 bits per heavy atom. The fraction of sp³-hybridized carbons (Fsp3) is 0.438. The standard InChI is InChI=1S/C16H20ClNO/c1-10(2)9-11-14(16(11,3)4)15(19)18-13-8-6-5-7-12(13)17/h5-9,11,14H,1-4H3,(H,18,19)/t11-,14-/m1/s1. The maximum absolute atomic E-state index is 12.3. The summed E-state index contributed by atoms with van der Waals surface area (Å²) in [6, 6.07) is 7.33. The summed E-state index contributed by atoms with van der Waals surface area (Å²) in [6.45, 7) is 8.40. The molecule has 0 unspecified atom stereocenters. The first-order valence-corrected chi connectivity index (χ1v) is 6.92. The van der Waals surface area contributed by atoms with Gasteiger partial charge in [0.25, 0.3) is 0 Å². The molecule has 0 aliphatic heterocycles. The van der Waals surface area contributed by atoms with E-state index < -0.39 is 0 Å². The van der Waals surface area contributed by atoms with Crippen molar-refractivity contribution in [3.8, 4) is 0 Å². The van der Waals surface area contributed by atoms with E-state index in [2.05, 4.69) is 39.1 Å². The molecule has 2 atom stereocenters. The molecule has 102 valence electrons. The number of halogens is 1. The van der Waals surface area contributed by atoms with E-state index in [4.69, 9.17) is 11.6 Å². The predicted octanol–water partition coefficient (Wildman–Crippen LogP) is 4.52. The number of allylic oxidation sites excluding steroid dienone is 2. The molecular weight excluding hydrogens is 258 g/mol. The molecule has 0 aromatic heterocycles. The van der Waals surface area contributed by atoms with Gasteiger partial charge in [0.05, 0.1) is 16.6 Å². The Labute approximate surface area is 119 Å². The van der Waals surface area contributed by atoms with Crippen LogP contribution in [0.1, 0.15) is 27.7 Å². The van der Waals surface area contributed by atoms with Crippen LogP contribution in [-0.2, 0) is 4.79 Å². The molecule has 2 nitrogen and oxygen atoms in total. The van der Waals surface area contributed by atoms with Gasteiger partial charge in [0, 0.05) is 0 Å². The monoisotopic (exact) mass is 277 g/mol. The number of hydrogen-bond acceptors (Lipinski definition) is 1. The zero-order valence-electron chi connectivity index (χ0n) is 11.8. The third kappa shape index (κ3) is 2.84. The van der Waals surface area contributed by atoms with Gasteiger partial charge in [-0.3, -0.25) is 4.79 Å². The number of hydrogen-bond donors (Lipinski definition) is 1. The molecule has 2 rings (SSSR count). The smallest absolute Gasteiger partial charge is 0.228 e. The summed E-state index contributed by atoms with van der Waals surface area (Å²) < 4.78 is 0. The van der Waals surface area contributed by atoms with Crippen molar-refractivity contribution in [2.45, 2.75) is 27.7 Å². The van der Waals surface area contributed by atoms with Crippen molar-refractivity contribution in [1.29, 1.82) is 0 Å². The number of nitrogens with one attached hydrogen (secondary N) is 1. The van der Waals surface area contributed by atoms with Crippen LogP contribution in [0, 0.1) is 17.3 Å². The van der Waals surface area contributed by atoms with E-state index in [0.717, 1.165) is 0 Å². The molecule has 0 bridgehead atoms. The Balaban J connectivity index is 2.10. The summed E-state index contributed by atoms with van der Waals surface area (Å²) in [6.07, 6.45) is 2.19. The molecule has 19 heavy (non-hydrogen) atoms. The van der Waals surface area contributed by atoms with Crippen LogP contribution >= 0.6 is 11.6 Å². The molecule has 1 aliphatic rings. The van der Waals surface area contributed by atoms with Crippen LogP contribution in [0.5, 0.6) is 0 Å². The first-order valence-electron chi connectivity index (χ1n) is 6.54. The normalized spacial score (nSPS) is 23.6. The molecule has 1 aromatic rings. The summed E-state index contributed by atoms with van der Waals surface area (Å²) in [4.78, 5) is 12.3. The second-order valence-electron chi connectivity index (χ2n) is 6.04. The van der Waals surface area contributed by atoms with Crippen molar-refractivity contribution in [2.75, 3.05) is 5.32 Å². The van der Waals surface area contributed by atoms with E-state index in [0.29, 0.717) is 16.6 Å². The first kappa shape index (κ1) is 14.1. The number of anilines is 1. The van der Waals surface area contributed by atoms with Crippen LogP contribution in [-0.4, -0.2) is 5.91 Å². The second kappa shape index (κ2) is 5.01.